The standard InChI is InChI=1S/C13H13FN4O5/c14-6-3-7(18(4-6)13(21)22)12(20)16-9-2-1-8-11(15-9)17-10(19)5-23-8/h1-2,6-7H,3-5H2,(H,21,22)(H2,15,16,17,19,20)/t6-,7-/m1/s1. The van der Waals surface area contributed by atoms with E-state index in [0.717, 1.165) is 4.90 Å². The Hall–Kier alpha value is -2.91. The molecule has 23 heavy (non-hydrogen) atoms. The van der Waals surface area contributed by atoms with Crippen molar-refractivity contribution in [2.75, 3.05) is 23.8 Å². The highest BCUT2D eigenvalue weighted by molar-refractivity contribution is 5.97. The first-order valence-electron chi connectivity index (χ1n) is 6.82. The molecular weight excluding hydrogens is 311 g/mol. The molecule has 1 aromatic rings. The fourth-order valence-electron chi connectivity index (χ4n) is 2.49. The van der Waals surface area contributed by atoms with Gasteiger partial charge < -0.3 is 20.5 Å². The largest absolute Gasteiger partial charge is 0.480 e. The molecule has 0 saturated carbocycles. The first-order chi connectivity index (χ1) is 10.9. The van der Waals surface area contributed by atoms with E-state index < -0.39 is 24.2 Å². The number of carboxylic acid groups (broad SMARTS) is 1. The second-order valence-corrected chi connectivity index (χ2v) is 5.15. The minimum atomic E-state index is -1.38. The predicted octanol–water partition coefficient (Wildman–Crippen LogP) is 0.441. The van der Waals surface area contributed by atoms with E-state index in [9.17, 15) is 18.8 Å². The lowest BCUT2D eigenvalue weighted by molar-refractivity contribution is -0.120. The molecule has 1 aromatic heterocycles. The first-order valence-corrected chi connectivity index (χ1v) is 6.82. The Morgan fingerprint density at radius 2 is 2.26 bits per heavy atom. The number of nitrogens with zero attached hydrogens (tertiary/aromatic N) is 2. The van der Waals surface area contributed by atoms with Crippen LogP contribution in [-0.4, -0.2) is 58.3 Å². The third-order valence-corrected chi connectivity index (χ3v) is 3.52. The number of nitrogens with one attached hydrogen (secondary N) is 2. The van der Waals surface area contributed by atoms with Gasteiger partial charge in [-0.25, -0.2) is 14.2 Å². The van der Waals surface area contributed by atoms with Crippen molar-refractivity contribution in [2.45, 2.75) is 18.6 Å². The van der Waals surface area contributed by atoms with Gasteiger partial charge in [0.2, 0.25) is 5.91 Å². The Morgan fingerprint density at radius 1 is 1.48 bits per heavy atom. The number of fused-ring (bicyclic) bond motifs is 1. The van der Waals surface area contributed by atoms with Crippen LogP contribution in [0, 0.1) is 0 Å². The van der Waals surface area contributed by atoms with Crippen LogP contribution in [-0.2, 0) is 9.59 Å². The molecule has 1 saturated heterocycles. The summed E-state index contributed by atoms with van der Waals surface area (Å²) in [7, 11) is 0. The van der Waals surface area contributed by atoms with E-state index in [2.05, 4.69) is 15.6 Å². The van der Waals surface area contributed by atoms with Gasteiger partial charge in [-0.3, -0.25) is 14.5 Å². The van der Waals surface area contributed by atoms with Crippen LogP contribution in [0.25, 0.3) is 0 Å². The summed E-state index contributed by atoms with van der Waals surface area (Å²) in [6, 6.07) is 1.84. The molecule has 3 rings (SSSR count). The lowest BCUT2D eigenvalue weighted by Crippen LogP contribution is -2.42. The normalized spacial score (nSPS) is 22.8. The Balaban J connectivity index is 1.74. The SMILES string of the molecule is O=C1COc2ccc(NC(=O)[C@H]3C[C@@H](F)CN3C(=O)O)nc2N1. The van der Waals surface area contributed by atoms with Crippen molar-refractivity contribution in [2.24, 2.45) is 0 Å². The van der Waals surface area contributed by atoms with Crippen molar-refractivity contribution in [3.63, 3.8) is 0 Å². The lowest BCUT2D eigenvalue weighted by Gasteiger charge is -2.21. The number of carbonyl (C=O) groups is 3. The van der Waals surface area contributed by atoms with Gasteiger partial charge in [-0.2, -0.15) is 0 Å². The molecule has 9 nitrogen and oxygen atoms in total. The Kier molecular flexibility index (Phi) is 3.72. The molecule has 0 aromatic carbocycles. The van der Waals surface area contributed by atoms with Gasteiger partial charge in [0.05, 0.1) is 6.54 Å². The number of amides is 3. The zero-order valence-electron chi connectivity index (χ0n) is 11.8. The van der Waals surface area contributed by atoms with Gasteiger partial charge in [0.25, 0.3) is 5.91 Å². The van der Waals surface area contributed by atoms with E-state index in [1.807, 2.05) is 0 Å². The number of hydrogen-bond acceptors (Lipinski definition) is 5. The van der Waals surface area contributed by atoms with Crippen LogP contribution in [0.3, 0.4) is 0 Å². The number of ether oxygens (including phenoxy) is 1. The molecule has 0 spiro atoms. The zero-order valence-corrected chi connectivity index (χ0v) is 11.8. The maximum atomic E-state index is 13.4. The maximum Gasteiger partial charge on any atom is 0.408 e. The fourth-order valence-corrected chi connectivity index (χ4v) is 2.49. The van der Waals surface area contributed by atoms with E-state index in [1.54, 1.807) is 0 Å². The smallest absolute Gasteiger partial charge is 0.408 e. The summed E-state index contributed by atoms with van der Waals surface area (Å²) in [4.78, 5) is 39.2. The molecule has 0 aliphatic carbocycles. The summed E-state index contributed by atoms with van der Waals surface area (Å²) in [5, 5.41) is 13.9. The zero-order chi connectivity index (χ0) is 16.6. The summed E-state index contributed by atoms with van der Waals surface area (Å²) in [5.41, 5.74) is 0. The highest BCUT2D eigenvalue weighted by Gasteiger charge is 2.40. The van der Waals surface area contributed by atoms with Crippen molar-refractivity contribution >= 4 is 29.5 Å². The van der Waals surface area contributed by atoms with E-state index in [1.165, 1.54) is 12.1 Å². The van der Waals surface area contributed by atoms with Gasteiger partial charge in [-0.15, -0.1) is 0 Å². The molecule has 10 heteroatoms. The number of aromatic nitrogens is 1. The molecule has 0 unspecified atom stereocenters. The topological polar surface area (TPSA) is 121 Å². The average Bonchev–Trinajstić information content (AvgIpc) is 2.89. The average molecular weight is 324 g/mol. The highest BCUT2D eigenvalue weighted by Crippen LogP contribution is 2.27. The lowest BCUT2D eigenvalue weighted by atomic mass is 10.2. The summed E-state index contributed by atoms with van der Waals surface area (Å²) in [6.07, 6.45) is -2.95. The van der Waals surface area contributed by atoms with Crippen molar-refractivity contribution < 1.29 is 28.6 Å². The summed E-state index contributed by atoms with van der Waals surface area (Å²) < 4.78 is 18.5. The maximum absolute atomic E-state index is 13.4. The van der Waals surface area contributed by atoms with Gasteiger partial charge in [0.1, 0.15) is 18.0 Å². The van der Waals surface area contributed by atoms with Crippen LogP contribution >= 0.6 is 0 Å². The van der Waals surface area contributed by atoms with E-state index in [-0.39, 0.29) is 37.1 Å². The van der Waals surface area contributed by atoms with Gasteiger partial charge in [-0.1, -0.05) is 0 Å². The van der Waals surface area contributed by atoms with Crippen molar-refractivity contribution in [3.8, 4) is 5.75 Å². The molecule has 3 amide bonds. The third-order valence-electron chi connectivity index (χ3n) is 3.52. The summed E-state index contributed by atoms with van der Waals surface area (Å²) in [6.45, 7) is -0.456. The molecule has 2 aliphatic rings. The van der Waals surface area contributed by atoms with Crippen LogP contribution < -0.4 is 15.4 Å². The quantitative estimate of drug-likeness (QED) is 0.726. The van der Waals surface area contributed by atoms with E-state index >= 15 is 0 Å². The number of hydrogen-bond donors (Lipinski definition) is 3. The van der Waals surface area contributed by atoms with E-state index in [4.69, 9.17) is 9.84 Å². The Morgan fingerprint density at radius 3 is 3.00 bits per heavy atom. The van der Waals surface area contributed by atoms with Gasteiger partial charge in [0.15, 0.2) is 18.2 Å². The minimum absolute atomic E-state index is 0.104. The molecule has 1 fully saturated rings. The number of rotatable bonds is 2. The van der Waals surface area contributed by atoms with Crippen LogP contribution in [0.2, 0.25) is 0 Å². The highest BCUT2D eigenvalue weighted by atomic mass is 19.1. The number of pyridine rings is 1. The van der Waals surface area contributed by atoms with Crippen molar-refractivity contribution in [1.82, 2.24) is 9.88 Å². The molecule has 122 valence electrons. The second-order valence-electron chi connectivity index (χ2n) is 5.15. The second kappa shape index (κ2) is 5.71. The number of carbonyl (C=O) groups excluding carboxylic acids is 2. The molecular formula is C13H13FN4O5. The molecule has 3 heterocycles. The summed E-state index contributed by atoms with van der Waals surface area (Å²) >= 11 is 0. The van der Waals surface area contributed by atoms with Crippen LogP contribution in [0.4, 0.5) is 20.8 Å². The predicted molar refractivity (Wildman–Crippen MR) is 75.0 cm³/mol. The van der Waals surface area contributed by atoms with E-state index in [0.29, 0.717) is 5.75 Å². The minimum Gasteiger partial charge on any atom is -0.480 e. The van der Waals surface area contributed by atoms with Gasteiger partial charge in [-0.05, 0) is 12.1 Å². The third kappa shape index (κ3) is 3.00. The van der Waals surface area contributed by atoms with Crippen LogP contribution in [0.15, 0.2) is 12.1 Å². The van der Waals surface area contributed by atoms with Gasteiger partial charge >= 0.3 is 6.09 Å². The summed E-state index contributed by atoms with van der Waals surface area (Å²) in [5.74, 6) is -0.430. The molecule has 0 bridgehead atoms. The van der Waals surface area contributed by atoms with Gasteiger partial charge in [0, 0.05) is 6.42 Å². The number of halogens is 1. The van der Waals surface area contributed by atoms with Crippen molar-refractivity contribution in [3.05, 3.63) is 12.1 Å². The number of anilines is 2. The monoisotopic (exact) mass is 324 g/mol. The Bertz CT molecular complexity index is 682. The van der Waals surface area contributed by atoms with Crippen molar-refractivity contribution in [1.29, 1.82) is 0 Å². The molecule has 0 radical (unpaired) electrons. The Labute approximate surface area is 129 Å². The fraction of sp³-hybridized carbons (Fsp3) is 0.385. The molecule has 2 aliphatic heterocycles. The molecule has 3 N–H and O–H groups in total. The first kappa shape index (κ1) is 15.0. The van der Waals surface area contributed by atoms with Crippen LogP contribution in [0.1, 0.15) is 6.42 Å². The van der Waals surface area contributed by atoms with Crippen LogP contribution in [0.5, 0.6) is 5.75 Å². The molecule has 2 atom stereocenters. The number of alkyl halides is 1. The number of likely N-dealkylation sites (tertiary alicyclic amines) is 1.